The fourth-order valence-electron chi connectivity index (χ4n) is 3.44. The first-order valence-electron chi connectivity index (χ1n) is 8.92. The van der Waals surface area contributed by atoms with Gasteiger partial charge in [0.15, 0.2) is 5.60 Å². The zero-order chi connectivity index (χ0) is 22.1. The predicted octanol–water partition coefficient (Wildman–Crippen LogP) is 3.87. The number of nitriles is 1. The summed E-state index contributed by atoms with van der Waals surface area (Å²) >= 11 is 0. The number of aromatic nitrogens is 1. The summed E-state index contributed by atoms with van der Waals surface area (Å²) in [6.45, 7) is 1.06. The maximum Gasteiger partial charge on any atom is 0.416 e. The fraction of sp³-hybridized carbons (Fsp3) is 0.182. The molecule has 0 fully saturated rings. The summed E-state index contributed by atoms with van der Waals surface area (Å²) in [5.74, 6) is -1.20. The van der Waals surface area contributed by atoms with Crippen molar-refractivity contribution in [1.29, 1.82) is 5.26 Å². The van der Waals surface area contributed by atoms with E-state index < -0.39 is 29.3 Å². The van der Waals surface area contributed by atoms with E-state index in [0.29, 0.717) is 11.1 Å². The maximum absolute atomic E-state index is 13.7. The third kappa shape index (κ3) is 3.80. The minimum absolute atomic E-state index is 0.177. The average Bonchev–Trinajstić information content (AvgIpc) is 3.12. The molecule has 1 amide bonds. The Kier molecular flexibility index (Phi) is 5.42. The Labute approximate surface area is 170 Å². The van der Waals surface area contributed by atoms with Gasteiger partial charge in [-0.05, 0) is 24.1 Å². The first-order chi connectivity index (χ1) is 14.1. The second kappa shape index (κ2) is 7.69. The lowest BCUT2D eigenvalue weighted by Crippen LogP contribution is -2.48. The van der Waals surface area contributed by atoms with E-state index in [1.807, 2.05) is 6.07 Å². The van der Waals surface area contributed by atoms with Crippen molar-refractivity contribution >= 4 is 5.91 Å². The lowest BCUT2D eigenvalue weighted by atomic mass is 9.86. The Morgan fingerprint density at radius 2 is 1.70 bits per heavy atom. The molecule has 1 aromatic heterocycles. The molecular formula is C22H18F3N3O2. The summed E-state index contributed by atoms with van der Waals surface area (Å²) in [5.41, 5.74) is 2.91. The highest BCUT2D eigenvalue weighted by Gasteiger charge is 2.45. The molecule has 5 nitrogen and oxygen atoms in total. The van der Waals surface area contributed by atoms with E-state index in [9.17, 15) is 28.3 Å². The molecule has 0 saturated heterocycles. The van der Waals surface area contributed by atoms with Crippen LogP contribution >= 0.6 is 0 Å². The van der Waals surface area contributed by atoms with Gasteiger partial charge in [0.05, 0.1) is 17.2 Å². The Hall–Kier alpha value is -3.57. The molecular weight excluding hydrogens is 395 g/mol. The first-order valence-corrected chi connectivity index (χ1v) is 8.92. The Morgan fingerprint density at radius 1 is 1.10 bits per heavy atom. The Balaban J connectivity index is 2.29. The maximum atomic E-state index is 13.7. The van der Waals surface area contributed by atoms with Crippen molar-refractivity contribution in [3.05, 3.63) is 83.7 Å². The number of hydrogen-bond acceptors (Lipinski definition) is 3. The van der Waals surface area contributed by atoms with Gasteiger partial charge < -0.3 is 15.4 Å². The van der Waals surface area contributed by atoms with Crippen LogP contribution in [0.3, 0.4) is 0 Å². The minimum Gasteiger partial charge on any atom is -0.378 e. The molecule has 0 aliphatic rings. The monoisotopic (exact) mass is 413 g/mol. The number of primary amides is 1. The number of nitrogens with two attached hydrogens (primary N) is 1. The third-order valence-electron chi connectivity index (χ3n) is 4.94. The molecule has 1 heterocycles. The highest BCUT2D eigenvalue weighted by molar-refractivity contribution is 5.84. The standard InChI is InChI=1S/C22H18F3N3O2/c1-21(30,20(27)29)19(16-9-5-6-10-18(16)22(23,24)25)28-12-15(11-26)17(13-28)14-7-3-2-4-8-14/h2-10,12-13,19,30H,1H3,(H2,27,29). The lowest BCUT2D eigenvalue weighted by molar-refractivity contribution is -0.143. The van der Waals surface area contributed by atoms with Crippen LogP contribution in [0.15, 0.2) is 67.0 Å². The molecule has 0 aliphatic heterocycles. The quantitative estimate of drug-likeness (QED) is 0.665. The smallest absolute Gasteiger partial charge is 0.378 e. The van der Waals surface area contributed by atoms with Gasteiger partial charge in [-0.2, -0.15) is 18.4 Å². The lowest BCUT2D eigenvalue weighted by Gasteiger charge is -2.33. The zero-order valence-electron chi connectivity index (χ0n) is 15.9. The van der Waals surface area contributed by atoms with Gasteiger partial charge in [-0.25, -0.2) is 0 Å². The molecule has 2 unspecified atom stereocenters. The van der Waals surface area contributed by atoms with Crippen LogP contribution in [-0.2, 0) is 11.0 Å². The fourth-order valence-corrected chi connectivity index (χ4v) is 3.44. The Bertz CT molecular complexity index is 1110. The van der Waals surface area contributed by atoms with E-state index in [1.165, 1.54) is 35.2 Å². The second-order valence-corrected chi connectivity index (χ2v) is 7.01. The summed E-state index contributed by atoms with van der Waals surface area (Å²) in [6, 6.07) is 13.9. The van der Waals surface area contributed by atoms with Crippen LogP contribution in [0.4, 0.5) is 13.2 Å². The molecule has 2 atom stereocenters. The van der Waals surface area contributed by atoms with Crippen molar-refractivity contribution in [2.75, 3.05) is 0 Å². The molecule has 0 saturated carbocycles. The Morgan fingerprint density at radius 3 is 2.27 bits per heavy atom. The SMILES string of the molecule is CC(O)(C(N)=O)C(c1ccccc1C(F)(F)F)n1cc(C#N)c(-c2ccccc2)c1. The number of aliphatic hydroxyl groups is 1. The van der Waals surface area contributed by atoms with Gasteiger partial charge in [-0.3, -0.25) is 4.79 Å². The van der Waals surface area contributed by atoms with E-state index >= 15 is 0 Å². The van der Waals surface area contributed by atoms with Crippen LogP contribution in [0.5, 0.6) is 0 Å². The van der Waals surface area contributed by atoms with Gasteiger partial charge in [-0.15, -0.1) is 0 Å². The average molecular weight is 413 g/mol. The summed E-state index contributed by atoms with van der Waals surface area (Å²) < 4.78 is 42.2. The van der Waals surface area contributed by atoms with Crippen LogP contribution in [0.25, 0.3) is 11.1 Å². The molecule has 3 aromatic rings. The molecule has 154 valence electrons. The minimum atomic E-state index is -4.73. The summed E-state index contributed by atoms with van der Waals surface area (Å²) in [4.78, 5) is 12.0. The van der Waals surface area contributed by atoms with Gasteiger partial charge in [-0.1, -0.05) is 48.5 Å². The topological polar surface area (TPSA) is 92.0 Å². The van der Waals surface area contributed by atoms with Gasteiger partial charge >= 0.3 is 6.18 Å². The van der Waals surface area contributed by atoms with Crippen LogP contribution in [0.1, 0.15) is 29.7 Å². The van der Waals surface area contributed by atoms with E-state index in [-0.39, 0.29) is 11.1 Å². The summed E-state index contributed by atoms with van der Waals surface area (Å²) in [7, 11) is 0. The number of carbonyl (C=O) groups excluding carboxylic acids is 1. The predicted molar refractivity (Wildman–Crippen MR) is 104 cm³/mol. The van der Waals surface area contributed by atoms with Gasteiger partial charge in [0.2, 0.25) is 0 Å². The van der Waals surface area contributed by atoms with Crippen LogP contribution in [-0.4, -0.2) is 21.2 Å². The number of benzene rings is 2. The number of alkyl halides is 3. The number of nitrogens with zero attached hydrogens (tertiary/aromatic N) is 2. The van der Waals surface area contributed by atoms with Crippen molar-refractivity contribution < 1.29 is 23.1 Å². The van der Waals surface area contributed by atoms with Crippen molar-refractivity contribution in [3.8, 4) is 17.2 Å². The molecule has 0 aliphatic carbocycles. The largest absolute Gasteiger partial charge is 0.416 e. The van der Waals surface area contributed by atoms with Crippen LogP contribution < -0.4 is 5.73 Å². The normalized spacial score (nSPS) is 14.5. The number of carbonyl (C=O) groups is 1. The van der Waals surface area contributed by atoms with Gasteiger partial charge in [0.1, 0.15) is 6.07 Å². The number of rotatable bonds is 5. The highest BCUT2D eigenvalue weighted by atomic mass is 19.4. The molecule has 0 bridgehead atoms. The van der Waals surface area contributed by atoms with Gasteiger partial charge in [0, 0.05) is 18.0 Å². The molecule has 8 heteroatoms. The van der Waals surface area contributed by atoms with E-state index in [2.05, 4.69) is 0 Å². The van der Waals surface area contributed by atoms with E-state index in [4.69, 9.17) is 5.73 Å². The molecule has 0 radical (unpaired) electrons. The zero-order valence-corrected chi connectivity index (χ0v) is 15.9. The number of halogens is 3. The van der Waals surface area contributed by atoms with Crippen molar-refractivity contribution in [3.63, 3.8) is 0 Å². The van der Waals surface area contributed by atoms with Crippen LogP contribution in [0.2, 0.25) is 0 Å². The molecule has 30 heavy (non-hydrogen) atoms. The molecule has 2 aromatic carbocycles. The van der Waals surface area contributed by atoms with E-state index in [0.717, 1.165) is 13.0 Å². The highest BCUT2D eigenvalue weighted by Crippen LogP contribution is 2.41. The number of amides is 1. The molecule has 3 rings (SSSR count). The third-order valence-corrected chi connectivity index (χ3v) is 4.94. The van der Waals surface area contributed by atoms with Crippen LogP contribution in [0, 0.1) is 11.3 Å². The van der Waals surface area contributed by atoms with Crippen molar-refractivity contribution in [1.82, 2.24) is 4.57 Å². The number of hydrogen-bond donors (Lipinski definition) is 2. The van der Waals surface area contributed by atoms with Gasteiger partial charge in [0.25, 0.3) is 5.91 Å². The summed E-state index contributed by atoms with van der Waals surface area (Å²) in [6.07, 6.45) is -1.99. The first kappa shape index (κ1) is 21.1. The molecule has 3 N–H and O–H groups in total. The van der Waals surface area contributed by atoms with Crippen molar-refractivity contribution in [2.24, 2.45) is 5.73 Å². The molecule has 0 spiro atoms. The summed E-state index contributed by atoms with van der Waals surface area (Å²) in [5, 5.41) is 20.4. The van der Waals surface area contributed by atoms with E-state index in [1.54, 1.807) is 30.3 Å². The van der Waals surface area contributed by atoms with Crippen molar-refractivity contribution in [2.45, 2.75) is 24.7 Å². The second-order valence-electron chi connectivity index (χ2n) is 7.01.